The smallest absolute Gasteiger partial charge is 0.229 e. The Morgan fingerprint density at radius 1 is 1.16 bits per heavy atom. The average Bonchev–Trinajstić information content (AvgIpc) is 2.47. The van der Waals surface area contributed by atoms with Gasteiger partial charge >= 0.3 is 0 Å². The standard InChI is InChI=1S/C15H15NO3/c1-2-10-18-13-7-3-4-8-14(13)19-15-12(11-17)6-5-9-16-15/h3-9,11H,2,10H2,1H3. The largest absolute Gasteiger partial charge is 0.490 e. The van der Waals surface area contributed by atoms with E-state index in [1.807, 2.05) is 25.1 Å². The van der Waals surface area contributed by atoms with Crippen molar-refractivity contribution < 1.29 is 14.3 Å². The Kier molecular flexibility index (Phi) is 4.50. The van der Waals surface area contributed by atoms with Crippen LogP contribution in [0, 0.1) is 0 Å². The van der Waals surface area contributed by atoms with Crippen LogP contribution in [0.1, 0.15) is 23.7 Å². The van der Waals surface area contributed by atoms with Crippen molar-refractivity contribution in [2.45, 2.75) is 13.3 Å². The van der Waals surface area contributed by atoms with E-state index >= 15 is 0 Å². The number of carbonyl (C=O) groups excluding carboxylic acids is 1. The van der Waals surface area contributed by atoms with Crippen molar-refractivity contribution in [3.63, 3.8) is 0 Å². The molecular weight excluding hydrogens is 242 g/mol. The first-order valence-electron chi connectivity index (χ1n) is 6.15. The predicted molar refractivity (Wildman–Crippen MR) is 71.9 cm³/mol. The van der Waals surface area contributed by atoms with E-state index in [1.165, 1.54) is 0 Å². The second-order valence-electron chi connectivity index (χ2n) is 3.91. The summed E-state index contributed by atoms with van der Waals surface area (Å²) < 4.78 is 11.3. The van der Waals surface area contributed by atoms with Crippen LogP contribution in [0.25, 0.3) is 0 Å². The van der Waals surface area contributed by atoms with Crippen molar-refractivity contribution in [1.82, 2.24) is 4.98 Å². The topological polar surface area (TPSA) is 48.4 Å². The summed E-state index contributed by atoms with van der Waals surface area (Å²) >= 11 is 0. The molecule has 2 aromatic rings. The maximum absolute atomic E-state index is 10.9. The lowest BCUT2D eigenvalue weighted by Crippen LogP contribution is -1.99. The van der Waals surface area contributed by atoms with E-state index in [0.29, 0.717) is 23.7 Å². The van der Waals surface area contributed by atoms with Crippen molar-refractivity contribution >= 4 is 6.29 Å². The van der Waals surface area contributed by atoms with Gasteiger partial charge in [0.05, 0.1) is 12.2 Å². The van der Waals surface area contributed by atoms with Gasteiger partial charge < -0.3 is 9.47 Å². The number of aldehydes is 1. The molecule has 0 aliphatic heterocycles. The van der Waals surface area contributed by atoms with E-state index in [1.54, 1.807) is 24.4 Å². The fourth-order valence-electron chi connectivity index (χ4n) is 1.55. The Hall–Kier alpha value is -2.36. The molecule has 0 N–H and O–H groups in total. The van der Waals surface area contributed by atoms with Crippen LogP contribution in [0.3, 0.4) is 0 Å². The van der Waals surface area contributed by atoms with Gasteiger partial charge in [-0.15, -0.1) is 0 Å². The molecule has 0 aliphatic carbocycles. The van der Waals surface area contributed by atoms with Gasteiger partial charge in [-0.3, -0.25) is 4.79 Å². The normalized spacial score (nSPS) is 9.95. The zero-order valence-electron chi connectivity index (χ0n) is 10.7. The molecule has 0 unspecified atom stereocenters. The quantitative estimate of drug-likeness (QED) is 0.743. The first-order chi connectivity index (χ1) is 9.35. The number of aromatic nitrogens is 1. The van der Waals surface area contributed by atoms with Crippen LogP contribution >= 0.6 is 0 Å². The minimum absolute atomic E-state index is 0.282. The molecule has 2 rings (SSSR count). The van der Waals surface area contributed by atoms with Gasteiger partial charge in [0.2, 0.25) is 5.88 Å². The Morgan fingerprint density at radius 3 is 2.68 bits per heavy atom. The van der Waals surface area contributed by atoms with Gasteiger partial charge in [-0.05, 0) is 30.7 Å². The predicted octanol–water partition coefficient (Wildman–Crippen LogP) is 3.48. The summed E-state index contributed by atoms with van der Waals surface area (Å²) in [7, 11) is 0. The number of para-hydroxylation sites is 2. The summed E-state index contributed by atoms with van der Waals surface area (Å²) in [5, 5.41) is 0. The highest BCUT2D eigenvalue weighted by Crippen LogP contribution is 2.31. The molecule has 1 heterocycles. The molecule has 0 bridgehead atoms. The maximum atomic E-state index is 10.9. The van der Waals surface area contributed by atoms with E-state index in [-0.39, 0.29) is 5.88 Å². The van der Waals surface area contributed by atoms with E-state index in [2.05, 4.69) is 4.98 Å². The van der Waals surface area contributed by atoms with Gasteiger partial charge in [-0.2, -0.15) is 0 Å². The highest BCUT2D eigenvalue weighted by molar-refractivity contribution is 5.78. The molecule has 0 spiro atoms. The third kappa shape index (κ3) is 3.31. The third-order valence-corrected chi connectivity index (χ3v) is 2.45. The molecule has 0 saturated heterocycles. The molecule has 0 fully saturated rings. The Bertz CT molecular complexity index is 555. The second kappa shape index (κ2) is 6.54. The number of carbonyl (C=O) groups is 1. The number of pyridine rings is 1. The van der Waals surface area contributed by atoms with Crippen molar-refractivity contribution in [1.29, 1.82) is 0 Å². The van der Waals surface area contributed by atoms with Crippen molar-refractivity contribution in [2.75, 3.05) is 6.61 Å². The van der Waals surface area contributed by atoms with Crippen LogP contribution in [-0.4, -0.2) is 17.9 Å². The van der Waals surface area contributed by atoms with Gasteiger partial charge in [0, 0.05) is 6.20 Å². The lowest BCUT2D eigenvalue weighted by molar-refractivity contribution is 0.112. The van der Waals surface area contributed by atoms with Gasteiger partial charge in [0.15, 0.2) is 17.8 Å². The first kappa shape index (κ1) is 13.1. The van der Waals surface area contributed by atoms with Gasteiger partial charge in [0.1, 0.15) is 0 Å². The molecule has 4 heteroatoms. The number of benzene rings is 1. The fraction of sp³-hybridized carbons (Fsp3) is 0.200. The van der Waals surface area contributed by atoms with Gasteiger partial charge in [-0.25, -0.2) is 4.98 Å². The van der Waals surface area contributed by atoms with Crippen LogP contribution in [0.5, 0.6) is 17.4 Å². The molecule has 98 valence electrons. The highest BCUT2D eigenvalue weighted by atomic mass is 16.5. The van der Waals surface area contributed by atoms with Crippen molar-refractivity contribution in [3.8, 4) is 17.4 Å². The first-order valence-corrected chi connectivity index (χ1v) is 6.15. The molecule has 0 saturated carbocycles. The lowest BCUT2D eigenvalue weighted by atomic mass is 10.3. The summed E-state index contributed by atoms with van der Waals surface area (Å²) in [6.07, 6.45) is 3.22. The number of nitrogens with zero attached hydrogens (tertiary/aromatic N) is 1. The van der Waals surface area contributed by atoms with E-state index in [0.717, 1.165) is 12.7 Å². The lowest BCUT2D eigenvalue weighted by Gasteiger charge is -2.11. The summed E-state index contributed by atoms with van der Waals surface area (Å²) in [5.41, 5.74) is 0.410. The number of hydrogen-bond acceptors (Lipinski definition) is 4. The van der Waals surface area contributed by atoms with E-state index < -0.39 is 0 Å². The van der Waals surface area contributed by atoms with Gasteiger partial charge in [0.25, 0.3) is 0 Å². The molecule has 0 radical (unpaired) electrons. The molecule has 0 atom stereocenters. The molecule has 0 amide bonds. The monoisotopic (exact) mass is 257 g/mol. The minimum atomic E-state index is 0.282. The molecule has 19 heavy (non-hydrogen) atoms. The van der Waals surface area contributed by atoms with Crippen molar-refractivity contribution in [2.24, 2.45) is 0 Å². The summed E-state index contributed by atoms with van der Waals surface area (Å²) in [5.74, 6) is 1.48. The maximum Gasteiger partial charge on any atom is 0.229 e. The Morgan fingerprint density at radius 2 is 1.95 bits per heavy atom. The zero-order valence-corrected chi connectivity index (χ0v) is 10.7. The van der Waals surface area contributed by atoms with Crippen LogP contribution in [0.15, 0.2) is 42.6 Å². The van der Waals surface area contributed by atoms with Crippen LogP contribution in [0.4, 0.5) is 0 Å². The van der Waals surface area contributed by atoms with E-state index in [9.17, 15) is 4.79 Å². The van der Waals surface area contributed by atoms with E-state index in [4.69, 9.17) is 9.47 Å². The minimum Gasteiger partial charge on any atom is -0.490 e. The summed E-state index contributed by atoms with van der Waals surface area (Å²) in [6, 6.07) is 10.7. The van der Waals surface area contributed by atoms with Crippen LogP contribution < -0.4 is 9.47 Å². The number of ether oxygens (including phenoxy) is 2. The zero-order chi connectivity index (χ0) is 13.5. The number of hydrogen-bond donors (Lipinski definition) is 0. The fourth-order valence-corrected chi connectivity index (χ4v) is 1.55. The molecule has 1 aromatic carbocycles. The second-order valence-corrected chi connectivity index (χ2v) is 3.91. The molecule has 1 aromatic heterocycles. The summed E-state index contributed by atoms with van der Waals surface area (Å²) in [6.45, 7) is 2.65. The average molecular weight is 257 g/mol. The number of rotatable bonds is 6. The van der Waals surface area contributed by atoms with Gasteiger partial charge in [-0.1, -0.05) is 19.1 Å². The molecule has 4 nitrogen and oxygen atoms in total. The van der Waals surface area contributed by atoms with Crippen LogP contribution in [0.2, 0.25) is 0 Å². The molecular formula is C15H15NO3. The Labute approximate surface area is 112 Å². The molecule has 0 aliphatic rings. The highest BCUT2D eigenvalue weighted by Gasteiger charge is 2.09. The van der Waals surface area contributed by atoms with Crippen LogP contribution in [-0.2, 0) is 0 Å². The third-order valence-electron chi connectivity index (χ3n) is 2.45. The van der Waals surface area contributed by atoms with Crippen molar-refractivity contribution in [3.05, 3.63) is 48.2 Å². The Balaban J connectivity index is 2.25. The summed E-state index contributed by atoms with van der Waals surface area (Å²) in [4.78, 5) is 15.0. The SMILES string of the molecule is CCCOc1ccccc1Oc1ncccc1C=O.